The number of carbonyl (C=O) groups excluding carboxylic acids is 2. The van der Waals surface area contributed by atoms with E-state index in [9.17, 15) is 9.59 Å². The molecule has 0 bridgehead atoms. The van der Waals surface area contributed by atoms with Crippen LogP contribution in [0.15, 0.2) is 18.3 Å². The van der Waals surface area contributed by atoms with Crippen molar-refractivity contribution >= 4 is 29.2 Å². The van der Waals surface area contributed by atoms with Crippen LogP contribution in [-0.4, -0.2) is 40.3 Å². The molecule has 0 aromatic carbocycles. The molecule has 0 spiro atoms. The highest BCUT2D eigenvalue weighted by molar-refractivity contribution is 6.30. The normalized spacial score (nSPS) is 23.1. The van der Waals surface area contributed by atoms with Crippen LogP contribution >= 0.6 is 11.6 Å². The zero-order valence-electron chi connectivity index (χ0n) is 13.6. The molecule has 2 heterocycles. The maximum Gasteiger partial charge on any atom is 0.242 e. The molecular weight excluding hydrogens is 328 g/mol. The summed E-state index contributed by atoms with van der Waals surface area (Å²) in [4.78, 5) is 31.0. The van der Waals surface area contributed by atoms with E-state index in [0.29, 0.717) is 23.9 Å². The van der Waals surface area contributed by atoms with Crippen LogP contribution in [0.4, 0.5) is 5.82 Å². The fourth-order valence-corrected chi connectivity index (χ4v) is 3.70. The van der Waals surface area contributed by atoms with Crippen molar-refractivity contribution < 1.29 is 9.59 Å². The lowest BCUT2D eigenvalue weighted by molar-refractivity contribution is -0.139. The number of aromatic nitrogens is 1. The Morgan fingerprint density at radius 2 is 2.04 bits per heavy atom. The second-order valence-corrected chi connectivity index (χ2v) is 7.24. The smallest absolute Gasteiger partial charge is 0.242 e. The largest absolute Gasteiger partial charge is 0.340 e. The average molecular weight is 351 g/mol. The number of piperidine rings is 1. The van der Waals surface area contributed by atoms with E-state index in [1.807, 2.05) is 0 Å². The highest BCUT2D eigenvalue weighted by atomic mass is 35.5. The SMILES string of the molecule is NC1(C(=O)N2CCCC(C(=O)Nc3ccc(Cl)cn3)C2)CCCC1. The number of anilines is 1. The molecule has 1 aromatic heterocycles. The third kappa shape index (κ3) is 3.70. The maximum atomic E-state index is 12.7. The second-order valence-electron chi connectivity index (χ2n) is 6.80. The predicted octanol–water partition coefficient (Wildman–Crippen LogP) is 2.18. The van der Waals surface area contributed by atoms with Gasteiger partial charge in [0.05, 0.1) is 16.5 Å². The van der Waals surface area contributed by atoms with Gasteiger partial charge in [0.15, 0.2) is 0 Å². The van der Waals surface area contributed by atoms with E-state index < -0.39 is 5.54 Å². The van der Waals surface area contributed by atoms with E-state index in [2.05, 4.69) is 10.3 Å². The van der Waals surface area contributed by atoms with E-state index in [-0.39, 0.29) is 17.7 Å². The van der Waals surface area contributed by atoms with Crippen LogP contribution in [0.25, 0.3) is 0 Å². The molecule has 2 aliphatic rings. The van der Waals surface area contributed by atoms with Crippen LogP contribution in [0.5, 0.6) is 0 Å². The zero-order chi connectivity index (χ0) is 17.2. The molecule has 24 heavy (non-hydrogen) atoms. The van der Waals surface area contributed by atoms with Crippen LogP contribution in [0.2, 0.25) is 5.02 Å². The van der Waals surface area contributed by atoms with Crippen LogP contribution in [0.3, 0.4) is 0 Å². The first-order valence-corrected chi connectivity index (χ1v) is 8.86. The Kier molecular flexibility index (Phi) is 5.06. The lowest BCUT2D eigenvalue weighted by Crippen LogP contribution is -2.56. The molecule has 7 heteroatoms. The molecule has 1 aliphatic carbocycles. The fourth-order valence-electron chi connectivity index (χ4n) is 3.59. The number of hydrogen-bond donors (Lipinski definition) is 2. The van der Waals surface area contributed by atoms with Crippen molar-refractivity contribution in [2.24, 2.45) is 11.7 Å². The van der Waals surface area contributed by atoms with Crippen molar-refractivity contribution in [2.45, 2.75) is 44.1 Å². The highest BCUT2D eigenvalue weighted by Gasteiger charge is 2.41. The van der Waals surface area contributed by atoms with Gasteiger partial charge < -0.3 is 16.0 Å². The van der Waals surface area contributed by atoms with Gasteiger partial charge in [0.25, 0.3) is 0 Å². The molecule has 130 valence electrons. The van der Waals surface area contributed by atoms with Crippen molar-refractivity contribution in [3.63, 3.8) is 0 Å². The van der Waals surface area contributed by atoms with Gasteiger partial charge in [-0.25, -0.2) is 4.98 Å². The van der Waals surface area contributed by atoms with Crippen LogP contribution in [0.1, 0.15) is 38.5 Å². The number of nitrogens with zero attached hydrogens (tertiary/aromatic N) is 2. The fraction of sp³-hybridized carbons (Fsp3) is 0.588. The summed E-state index contributed by atoms with van der Waals surface area (Å²) in [5, 5.41) is 3.32. The molecule has 2 amide bonds. The number of amides is 2. The standard InChI is InChI=1S/C17H23ClN4O2/c18-13-5-6-14(20-10-13)21-15(23)12-4-3-9-22(11-12)16(24)17(19)7-1-2-8-17/h5-6,10,12H,1-4,7-9,11,19H2,(H,20,21,23). The molecule has 1 atom stereocenters. The molecule has 1 aliphatic heterocycles. The summed E-state index contributed by atoms with van der Waals surface area (Å²) in [6.45, 7) is 1.11. The number of nitrogens with one attached hydrogen (secondary N) is 1. The third-order valence-corrected chi connectivity index (χ3v) is 5.20. The summed E-state index contributed by atoms with van der Waals surface area (Å²) in [7, 11) is 0. The van der Waals surface area contributed by atoms with Crippen molar-refractivity contribution in [1.82, 2.24) is 9.88 Å². The van der Waals surface area contributed by atoms with Gasteiger partial charge in [-0.2, -0.15) is 0 Å². The van der Waals surface area contributed by atoms with Crippen molar-refractivity contribution in [2.75, 3.05) is 18.4 Å². The van der Waals surface area contributed by atoms with E-state index >= 15 is 0 Å². The van der Waals surface area contributed by atoms with Crippen LogP contribution < -0.4 is 11.1 Å². The summed E-state index contributed by atoms with van der Waals surface area (Å²) in [6.07, 6.45) is 6.56. The number of rotatable bonds is 3. The molecule has 2 fully saturated rings. The number of nitrogens with two attached hydrogens (primary N) is 1. The Bertz CT molecular complexity index is 614. The molecule has 0 radical (unpaired) electrons. The Hall–Kier alpha value is -1.66. The minimum absolute atomic E-state index is 0.00196. The van der Waals surface area contributed by atoms with Crippen molar-refractivity contribution in [3.8, 4) is 0 Å². The van der Waals surface area contributed by atoms with Gasteiger partial charge >= 0.3 is 0 Å². The van der Waals surface area contributed by atoms with Crippen LogP contribution in [0, 0.1) is 5.92 Å². The summed E-state index contributed by atoms with van der Waals surface area (Å²) >= 11 is 5.79. The molecular formula is C17H23ClN4O2. The second kappa shape index (κ2) is 7.07. The van der Waals surface area contributed by atoms with Gasteiger partial charge in [-0.05, 0) is 37.8 Å². The summed E-state index contributed by atoms with van der Waals surface area (Å²) in [5.74, 6) is 0.131. The van der Waals surface area contributed by atoms with Gasteiger partial charge in [0, 0.05) is 19.3 Å². The Morgan fingerprint density at radius 1 is 1.29 bits per heavy atom. The number of pyridine rings is 1. The minimum atomic E-state index is -0.726. The van der Waals surface area contributed by atoms with E-state index in [1.54, 1.807) is 17.0 Å². The molecule has 1 saturated carbocycles. The Morgan fingerprint density at radius 3 is 2.71 bits per heavy atom. The van der Waals surface area contributed by atoms with Crippen molar-refractivity contribution in [1.29, 1.82) is 0 Å². The maximum absolute atomic E-state index is 12.7. The van der Waals surface area contributed by atoms with Gasteiger partial charge in [-0.1, -0.05) is 24.4 Å². The monoisotopic (exact) mass is 350 g/mol. The van der Waals surface area contributed by atoms with E-state index in [0.717, 1.165) is 38.5 Å². The van der Waals surface area contributed by atoms with Gasteiger partial charge in [-0.3, -0.25) is 9.59 Å². The first-order chi connectivity index (χ1) is 11.5. The summed E-state index contributed by atoms with van der Waals surface area (Å²) < 4.78 is 0. The zero-order valence-corrected chi connectivity index (χ0v) is 14.4. The quantitative estimate of drug-likeness (QED) is 0.874. The van der Waals surface area contributed by atoms with Gasteiger partial charge in [-0.15, -0.1) is 0 Å². The lowest BCUT2D eigenvalue weighted by atomic mass is 9.92. The van der Waals surface area contributed by atoms with E-state index in [4.69, 9.17) is 17.3 Å². The predicted molar refractivity (Wildman–Crippen MR) is 92.6 cm³/mol. The molecule has 3 N–H and O–H groups in total. The third-order valence-electron chi connectivity index (χ3n) is 4.98. The number of carbonyl (C=O) groups is 2. The van der Waals surface area contributed by atoms with Gasteiger partial charge in [0.2, 0.25) is 11.8 Å². The first kappa shape index (κ1) is 17.2. The molecule has 1 aromatic rings. The molecule has 3 rings (SSSR count). The molecule has 1 unspecified atom stereocenters. The van der Waals surface area contributed by atoms with Crippen molar-refractivity contribution in [3.05, 3.63) is 23.4 Å². The Balaban J connectivity index is 1.61. The number of halogens is 1. The lowest BCUT2D eigenvalue weighted by Gasteiger charge is -2.36. The summed E-state index contributed by atoms with van der Waals surface area (Å²) in [6, 6.07) is 3.35. The first-order valence-electron chi connectivity index (χ1n) is 8.49. The van der Waals surface area contributed by atoms with E-state index in [1.165, 1.54) is 6.20 Å². The Labute approximate surface area is 146 Å². The number of hydrogen-bond acceptors (Lipinski definition) is 4. The minimum Gasteiger partial charge on any atom is -0.340 e. The number of likely N-dealkylation sites (tertiary alicyclic amines) is 1. The highest BCUT2D eigenvalue weighted by Crippen LogP contribution is 2.30. The summed E-state index contributed by atoms with van der Waals surface area (Å²) in [5.41, 5.74) is 5.55. The topological polar surface area (TPSA) is 88.3 Å². The van der Waals surface area contributed by atoms with Crippen LogP contribution in [-0.2, 0) is 9.59 Å². The average Bonchev–Trinajstić information content (AvgIpc) is 3.04. The molecule has 6 nitrogen and oxygen atoms in total. The molecule has 1 saturated heterocycles. The van der Waals surface area contributed by atoms with Gasteiger partial charge in [0.1, 0.15) is 5.82 Å².